The van der Waals surface area contributed by atoms with E-state index in [9.17, 15) is 4.79 Å². The second-order valence-electron chi connectivity index (χ2n) is 6.38. The van der Waals surface area contributed by atoms with Gasteiger partial charge in [-0.25, -0.2) is 0 Å². The number of aryl methyl sites for hydroxylation is 1. The van der Waals surface area contributed by atoms with Gasteiger partial charge in [0.2, 0.25) is 5.43 Å². The first-order valence-electron chi connectivity index (χ1n) is 8.24. The summed E-state index contributed by atoms with van der Waals surface area (Å²) in [5, 5.41) is 2.81. The molecule has 2 aromatic heterocycles. The topological polar surface area (TPSA) is 46.0 Å². The van der Waals surface area contributed by atoms with E-state index in [0.717, 1.165) is 27.4 Å². The summed E-state index contributed by atoms with van der Waals surface area (Å²) in [5.41, 5.74) is 5.16. The summed E-state index contributed by atoms with van der Waals surface area (Å²) in [6.07, 6.45) is 1.57. The lowest BCUT2D eigenvalue weighted by Gasteiger charge is -2.03. The molecule has 0 saturated heterocycles. The molecule has 120 valence electrons. The van der Waals surface area contributed by atoms with Crippen LogP contribution in [-0.4, -0.2) is 4.98 Å². The highest BCUT2D eigenvalue weighted by Crippen LogP contribution is 2.31. The van der Waals surface area contributed by atoms with Crippen LogP contribution in [0.1, 0.15) is 5.56 Å². The Balaban J connectivity index is 1.87. The van der Waals surface area contributed by atoms with E-state index in [0.29, 0.717) is 16.5 Å². The molecule has 3 heteroatoms. The van der Waals surface area contributed by atoms with Gasteiger partial charge in [-0.3, -0.25) is 4.79 Å². The van der Waals surface area contributed by atoms with Crippen molar-refractivity contribution in [2.24, 2.45) is 0 Å². The van der Waals surface area contributed by atoms with E-state index >= 15 is 0 Å². The Labute approximate surface area is 143 Å². The number of aromatic nitrogens is 1. The molecule has 5 aromatic rings. The van der Waals surface area contributed by atoms with E-state index in [1.165, 1.54) is 5.56 Å². The number of nitrogens with one attached hydrogen (secondary N) is 1. The van der Waals surface area contributed by atoms with Crippen LogP contribution in [0, 0.1) is 6.92 Å². The van der Waals surface area contributed by atoms with Gasteiger partial charge in [0.15, 0.2) is 5.58 Å². The maximum atomic E-state index is 13.0. The van der Waals surface area contributed by atoms with Crippen LogP contribution in [0.25, 0.3) is 43.9 Å². The quantitative estimate of drug-likeness (QED) is 0.448. The lowest BCUT2D eigenvalue weighted by molar-refractivity contribution is 0.607. The van der Waals surface area contributed by atoms with Crippen molar-refractivity contribution >= 4 is 32.8 Å². The van der Waals surface area contributed by atoms with Gasteiger partial charge >= 0.3 is 0 Å². The van der Waals surface area contributed by atoms with E-state index in [-0.39, 0.29) is 5.43 Å². The SMILES string of the molecule is Cc1ccc2[nH]c3c(ccc4c(=O)c(-c5ccccc5)coc43)c2c1. The number of fused-ring (bicyclic) bond motifs is 5. The standard InChI is InChI=1S/C22H15NO2/c1-13-7-10-19-17(11-13)15-8-9-16-21(24)18(14-5-3-2-4-6-14)12-25-22(16)20(15)23-19/h2-12,23H,1H3. The predicted octanol–water partition coefficient (Wildman–Crippen LogP) is 5.40. The van der Waals surface area contributed by atoms with Crippen LogP contribution in [-0.2, 0) is 0 Å². The second kappa shape index (κ2) is 5.08. The van der Waals surface area contributed by atoms with Crippen LogP contribution >= 0.6 is 0 Å². The zero-order valence-electron chi connectivity index (χ0n) is 13.7. The molecule has 0 spiro atoms. The Morgan fingerprint density at radius 1 is 0.880 bits per heavy atom. The molecule has 0 saturated carbocycles. The van der Waals surface area contributed by atoms with E-state index in [1.54, 1.807) is 6.26 Å². The first kappa shape index (κ1) is 14.1. The van der Waals surface area contributed by atoms with Crippen molar-refractivity contribution in [1.82, 2.24) is 4.98 Å². The molecule has 0 fully saturated rings. The Morgan fingerprint density at radius 3 is 2.52 bits per heavy atom. The maximum Gasteiger partial charge on any atom is 0.200 e. The van der Waals surface area contributed by atoms with Crippen LogP contribution < -0.4 is 5.43 Å². The summed E-state index contributed by atoms with van der Waals surface area (Å²) in [6, 6.07) is 19.8. The number of H-pyrrole nitrogens is 1. The molecule has 2 heterocycles. The van der Waals surface area contributed by atoms with E-state index in [1.807, 2.05) is 42.5 Å². The molecule has 5 rings (SSSR count). The van der Waals surface area contributed by atoms with Gasteiger partial charge in [0.05, 0.1) is 16.5 Å². The van der Waals surface area contributed by atoms with Crippen LogP contribution in [0.4, 0.5) is 0 Å². The molecule has 3 aromatic carbocycles. The molecule has 0 atom stereocenters. The Morgan fingerprint density at radius 2 is 1.68 bits per heavy atom. The lowest BCUT2D eigenvalue weighted by atomic mass is 10.0. The molecular formula is C22H15NO2. The molecule has 0 radical (unpaired) electrons. The summed E-state index contributed by atoms with van der Waals surface area (Å²) in [6.45, 7) is 2.07. The van der Waals surface area contributed by atoms with E-state index in [2.05, 4.69) is 30.1 Å². The summed E-state index contributed by atoms with van der Waals surface area (Å²) in [5.74, 6) is 0. The molecule has 0 bridgehead atoms. The third-order valence-corrected chi connectivity index (χ3v) is 4.75. The third kappa shape index (κ3) is 2.02. The fourth-order valence-corrected chi connectivity index (χ4v) is 3.49. The van der Waals surface area contributed by atoms with Crippen molar-refractivity contribution in [2.45, 2.75) is 6.92 Å². The highest BCUT2D eigenvalue weighted by molar-refractivity contribution is 6.15. The van der Waals surface area contributed by atoms with Crippen LogP contribution in [0.15, 0.2) is 76.1 Å². The highest BCUT2D eigenvalue weighted by Gasteiger charge is 2.14. The fourth-order valence-electron chi connectivity index (χ4n) is 3.49. The van der Waals surface area contributed by atoms with Crippen molar-refractivity contribution in [3.05, 3.63) is 82.7 Å². The van der Waals surface area contributed by atoms with Gasteiger partial charge in [0, 0.05) is 16.3 Å². The van der Waals surface area contributed by atoms with Gasteiger partial charge in [0.25, 0.3) is 0 Å². The molecule has 0 unspecified atom stereocenters. The van der Waals surface area contributed by atoms with Crippen molar-refractivity contribution in [1.29, 1.82) is 0 Å². The van der Waals surface area contributed by atoms with Gasteiger partial charge in [-0.2, -0.15) is 0 Å². The van der Waals surface area contributed by atoms with Gasteiger partial charge in [0.1, 0.15) is 6.26 Å². The Kier molecular flexibility index (Phi) is 2.86. The lowest BCUT2D eigenvalue weighted by Crippen LogP contribution is -2.04. The molecule has 0 amide bonds. The van der Waals surface area contributed by atoms with Gasteiger partial charge in [-0.05, 0) is 30.7 Å². The summed E-state index contributed by atoms with van der Waals surface area (Å²) in [4.78, 5) is 16.4. The number of hydrogen-bond donors (Lipinski definition) is 1. The minimum absolute atomic E-state index is 0.0100. The zero-order chi connectivity index (χ0) is 17.0. The average molecular weight is 325 g/mol. The number of aromatic amines is 1. The summed E-state index contributed by atoms with van der Waals surface area (Å²) < 4.78 is 5.92. The van der Waals surface area contributed by atoms with Gasteiger partial charge in [-0.1, -0.05) is 48.0 Å². The van der Waals surface area contributed by atoms with Gasteiger partial charge < -0.3 is 9.40 Å². The van der Waals surface area contributed by atoms with Crippen LogP contribution in [0.3, 0.4) is 0 Å². The van der Waals surface area contributed by atoms with Crippen molar-refractivity contribution in [2.75, 3.05) is 0 Å². The van der Waals surface area contributed by atoms with Crippen molar-refractivity contribution < 1.29 is 4.42 Å². The highest BCUT2D eigenvalue weighted by atomic mass is 16.3. The number of hydrogen-bond acceptors (Lipinski definition) is 2. The summed E-state index contributed by atoms with van der Waals surface area (Å²) in [7, 11) is 0. The van der Waals surface area contributed by atoms with E-state index in [4.69, 9.17) is 4.42 Å². The normalized spacial score (nSPS) is 11.6. The minimum Gasteiger partial charge on any atom is -0.461 e. The molecule has 0 aliphatic carbocycles. The van der Waals surface area contributed by atoms with Crippen molar-refractivity contribution in [3.8, 4) is 11.1 Å². The van der Waals surface area contributed by atoms with Gasteiger partial charge in [-0.15, -0.1) is 0 Å². The Bertz CT molecular complexity index is 1310. The van der Waals surface area contributed by atoms with Crippen molar-refractivity contribution in [3.63, 3.8) is 0 Å². The minimum atomic E-state index is -0.0100. The average Bonchev–Trinajstić information content (AvgIpc) is 3.01. The predicted molar refractivity (Wildman–Crippen MR) is 102 cm³/mol. The molecular weight excluding hydrogens is 310 g/mol. The first-order valence-corrected chi connectivity index (χ1v) is 8.24. The third-order valence-electron chi connectivity index (χ3n) is 4.75. The number of benzene rings is 3. The largest absolute Gasteiger partial charge is 0.461 e. The van der Waals surface area contributed by atoms with E-state index < -0.39 is 0 Å². The molecule has 0 aliphatic rings. The summed E-state index contributed by atoms with van der Waals surface area (Å²) >= 11 is 0. The molecule has 25 heavy (non-hydrogen) atoms. The fraction of sp³-hybridized carbons (Fsp3) is 0.0455. The Hall–Kier alpha value is -3.33. The first-order chi connectivity index (χ1) is 12.2. The van der Waals surface area contributed by atoms with Crippen LogP contribution in [0.5, 0.6) is 0 Å². The van der Waals surface area contributed by atoms with Crippen LogP contribution in [0.2, 0.25) is 0 Å². The smallest absolute Gasteiger partial charge is 0.200 e. The monoisotopic (exact) mass is 325 g/mol. The molecule has 0 aliphatic heterocycles. The second-order valence-corrected chi connectivity index (χ2v) is 6.38. The molecule has 1 N–H and O–H groups in total. The zero-order valence-corrected chi connectivity index (χ0v) is 13.7. The maximum absolute atomic E-state index is 13.0. The molecule has 3 nitrogen and oxygen atoms in total. The number of rotatable bonds is 1.